The largest absolute Gasteiger partial charge is 0.360 e. The highest BCUT2D eigenvalue weighted by Gasteiger charge is 2.12. The van der Waals surface area contributed by atoms with Crippen molar-refractivity contribution in [2.45, 2.75) is 26.2 Å². The van der Waals surface area contributed by atoms with Gasteiger partial charge in [0.2, 0.25) is 0 Å². The van der Waals surface area contributed by atoms with E-state index in [4.69, 9.17) is 0 Å². The first-order valence-electron chi connectivity index (χ1n) is 7.00. The molecule has 0 radical (unpaired) electrons. The number of anilines is 1. The molecular formula is C13H21N5S. The fourth-order valence-corrected chi connectivity index (χ4v) is 3.62. The Morgan fingerprint density at radius 2 is 2.05 bits per heavy atom. The van der Waals surface area contributed by atoms with Gasteiger partial charge in [-0.3, -0.25) is 0 Å². The molecule has 2 aromatic heterocycles. The second kappa shape index (κ2) is 5.46. The molecule has 0 aliphatic carbocycles. The Hall–Kier alpha value is -1.14. The third kappa shape index (κ3) is 2.74. The van der Waals surface area contributed by atoms with E-state index in [1.165, 1.54) is 37.1 Å². The summed E-state index contributed by atoms with van der Waals surface area (Å²) in [4.78, 5) is 7.14. The van der Waals surface area contributed by atoms with Crippen molar-refractivity contribution < 1.29 is 0 Å². The molecule has 0 bridgehead atoms. The molecule has 1 fully saturated rings. The molecule has 104 valence electrons. The topological polar surface area (TPSA) is 46.0 Å². The summed E-state index contributed by atoms with van der Waals surface area (Å²) in [6.45, 7) is 6.65. The van der Waals surface area contributed by atoms with Gasteiger partial charge in [0.25, 0.3) is 0 Å². The summed E-state index contributed by atoms with van der Waals surface area (Å²) in [5.41, 5.74) is 2.06. The van der Waals surface area contributed by atoms with Crippen LogP contribution in [-0.2, 0) is 7.05 Å². The lowest BCUT2D eigenvalue weighted by Crippen LogP contribution is -2.33. The second-order valence-electron chi connectivity index (χ2n) is 5.21. The van der Waals surface area contributed by atoms with Gasteiger partial charge < -0.3 is 10.2 Å². The van der Waals surface area contributed by atoms with Crippen LogP contribution >= 0.6 is 11.3 Å². The number of likely N-dealkylation sites (tertiary alicyclic amines) is 1. The van der Waals surface area contributed by atoms with Crippen LogP contribution in [-0.4, -0.2) is 45.8 Å². The second-order valence-corrected chi connectivity index (χ2v) is 6.21. The Labute approximate surface area is 117 Å². The molecule has 2 aromatic rings. The van der Waals surface area contributed by atoms with Crippen LogP contribution in [0.15, 0.2) is 0 Å². The van der Waals surface area contributed by atoms with Gasteiger partial charge in [0.05, 0.1) is 10.4 Å². The first-order valence-corrected chi connectivity index (χ1v) is 7.82. The molecule has 1 aliphatic heterocycles. The van der Waals surface area contributed by atoms with Crippen molar-refractivity contribution in [1.29, 1.82) is 0 Å². The van der Waals surface area contributed by atoms with Crippen molar-refractivity contribution in [2.75, 3.05) is 31.5 Å². The molecule has 5 nitrogen and oxygen atoms in total. The zero-order valence-corrected chi connectivity index (χ0v) is 12.5. The number of nitrogens with one attached hydrogen (secondary N) is 1. The summed E-state index contributed by atoms with van der Waals surface area (Å²) < 4.78 is 3.06. The number of nitrogens with zero attached hydrogens (tertiary/aromatic N) is 4. The van der Waals surface area contributed by atoms with Crippen molar-refractivity contribution in [3.05, 3.63) is 5.69 Å². The SMILES string of the molecule is Cc1nn(C)c2nc(NCCN3CCCCC3)sc12. The van der Waals surface area contributed by atoms with E-state index in [0.717, 1.165) is 29.6 Å². The smallest absolute Gasteiger partial charge is 0.185 e. The van der Waals surface area contributed by atoms with E-state index in [1.807, 2.05) is 18.7 Å². The lowest BCUT2D eigenvalue weighted by atomic mass is 10.1. The van der Waals surface area contributed by atoms with Gasteiger partial charge in [0, 0.05) is 20.1 Å². The van der Waals surface area contributed by atoms with Crippen molar-refractivity contribution in [3.8, 4) is 0 Å². The van der Waals surface area contributed by atoms with Crippen molar-refractivity contribution in [1.82, 2.24) is 19.7 Å². The van der Waals surface area contributed by atoms with E-state index >= 15 is 0 Å². The van der Waals surface area contributed by atoms with Crippen LogP contribution in [0.3, 0.4) is 0 Å². The predicted molar refractivity (Wildman–Crippen MR) is 79.9 cm³/mol. The fraction of sp³-hybridized carbons (Fsp3) is 0.692. The van der Waals surface area contributed by atoms with Gasteiger partial charge in [-0.05, 0) is 32.9 Å². The maximum atomic E-state index is 4.61. The predicted octanol–water partition coefficient (Wildman–Crippen LogP) is 2.24. The summed E-state index contributed by atoms with van der Waals surface area (Å²) in [6, 6.07) is 0. The standard InChI is InChI=1S/C13H21N5S/c1-10-11-12(17(2)16-10)15-13(19-11)14-6-9-18-7-4-3-5-8-18/h3-9H2,1-2H3,(H,14,15). The Balaban J connectivity index is 1.57. The van der Waals surface area contributed by atoms with Gasteiger partial charge in [-0.15, -0.1) is 0 Å². The van der Waals surface area contributed by atoms with E-state index in [9.17, 15) is 0 Å². The minimum atomic E-state index is 0.978. The molecule has 3 heterocycles. The molecule has 19 heavy (non-hydrogen) atoms. The molecule has 0 spiro atoms. The summed E-state index contributed by atoms with van der Waals surface area (Å²) in [5, 5.41) is 8.84. The Kier molecular flexibility index (Phi) is 3.70. The van der Waals surface area contributed by atoms with Crippen LogP contribution in [0.5, 0.6) is 0 Å². The first-order chi connectivity index (χ1) is 9.24. The van der Waals surface area contributed by atoms with Crippen molar-refractivity contribution in [3.63, 3.8) is 0 Å². The van der Waals surface area contributed by atoms with E-state index < -0.39 is 0 Å². The van der Waals surface area contributed by atoms with Crippen LogP contribution < -0.4 is 5.32 Å². The van der Waals surface area contributed by atoms with Gasteiger partial charge in [-0.1, -0.05) is 17.8 Å². The molecule has 0 aromatic carbocycles. The van der Waals surface area contributed by atoms with Crippen molar-refractivity contribution >= 4 is 26.8 Å². The number of aryl methyl sites for hydroxylation is 2. The number of aromatic nitrogens is 3. The van der Waals surface area contributed by atoms with Gasteiger partial charge in [0.15, 0.2) is 10.8 Å². The lowest BCUT2D eigenvalue weighted by molar-refractivity contribution is 0.237. The van der Waals surface area contributed by atoms with Crippen molar-refractivity contribution in [2.24, 2.45) is 7.05 Å². The number of hydrogen-bond acceptors (Lipinski definition) is 5. The minimum absolute atomic E-state index is 0.978. The molecule has 0 saturated carbocycles. The maximum Gasteiger partial charge on any atom is 0.185 e. The van der Waals surface area contributed by atoms with E-state index in [-0.39, 0.29) is 0 Å². The van der Waals surface area contributed by atoms with Gasteiger partial charge in [0.1, 0.15) is 0 Å². The fourth-order valence-electron chi connectivity index (χ4n) is 2.66. The normalized spacial score (nSPS) is 17.2. The first kappa shape index (κ1) is 12.9. The lowest BCUT2D eigenvalue weighted by Gasteiger charge is -2.26. The molecule has 0 unspecified atom stereocenters. The Bertz CT molecular complexity index is 518. The van der Waals surface area contributed by atoms with Crippen LogP contribution in [0, 0.1) is 6.92 Å². The van der Waals surface area contributed by atoms with Crippen LogP contribution in [0.4, 0.5) is 5.13 Å². The number of rotatable bonds is 4. The molecule has 6 heteroatoms. The number of fused-ring (bicyclic) bond motifs is 1. The van der Waals surface area contributed by atoms with Crippen LogP contribution in [0.25, 0.3) is 10.3 Å². The summed E-state index contributed by atoms with van der Waals surface area (Å²) >= 11 is 1.71. The molecule has 1 saturated heterocycles. The molecule has 1 aliphatic rings. The van der Waals surface area contributed by atoms with Gasteiger partial charge in [-0.25, -0.2) is 9.67 Å². The Morgan fingerprint density at radius 3 is 2.79 bits per heavy atom. The number of thiazole rings is 1. The molecule has 3 rings (SSSR count). The average Bonchev–Trinajstić information content (AvgIpc) is 2.94. The van der Waals surface area contributed by atoms with Crippen LogP contribution in [0.1, 0.15) is 25.0 Å². The Morgan fingerprint density at radius 1 is 1.26 bits per heavy atom. The molecule has 0 atom stereocenters. The molecule has 0 amide bonds. The summed E-state index contributed by atoms with van der Waals surface area (Å²) in [7, 11) is 1.95. The highest BCUT2D eigenvalue weighted by atomic mass is 32.1. The average molecular weight is 279 g/mol. The highest BCUT2D eigenvalue weighted by Crippen LogP contribution is 2.27. The maximum absolute atomic E-state index is 4.61. The number of piperidine rings is 1. The number of hydrogen-bond donors (Lipinski definition) is 1. The zero-order chi connectivity index (χ0) is 13.2. The third-order valence-corrected chi connectivity index (χ3v) is 4.81. The minimum Gasteiger partial charge on any atom is -0.360 e. The molecule has 1 N–H and O–H groups in total. The van der Waals surface area contributed by atoms with E-state index in [1.54, 1.807) is 11.3 Å². The van der Waals surface area contributed by atoms with E-state index in [0.29, 0.717) is 0 Å². The third-order valence-electron chi connectivity index (χ3n) is 3.70. The highest BCUT2D eigenvalue weighted by molar-refractivity contribution is 7.22. The van der Waals surface area contributed by atoms with Gasteiger partial charge >= 0.3 is 0 Å². The van der Waals surface area contributed by atoms with Gasteiger partial charge in [-0.2, -0.15) is 5.10 Å². The monoisotopic (exact) mass is 279 g/mol. The summed E-state index contributed by atoms with van der Waals surface area (Å²) in [6.07, 6.45) is 4.10. The summed E-state index contributed by atoms with van der Waals surface area (Å²) in [5.74, 6) is 0. The zero-order valence-electron chi connectivity index (χ0n) is 11.6. The van der Waals surface area contributed by atoms with Crippen LogP contribution in [0.2, 0.25) is 0 Å². The van der Waals surface area contributed by atoms with E-state index in [2.05, 4.69) is 20.3 Å². The molecular weight excluding hydrogens is 258 g/mol. The quantitative estimate of drug-likeness (QED) is 0.932.